The fraction of sp³-hybridized carbons (Fsp3) is 0.409. The number of amides is 1. The van der Waals surface area contributed by atoms with Crippen molar-refractivity contribution < 1.29 is 9.18 Å². The van der Waals surface area contributed by atoms with Gasteiger partial charge < -0.3 is 9.80 Å². The maximum atomic E-state index is 13.1. The number of nitrogens with zero attached hydrogens (tertiary/aromatic N) is 3. The Morgan fingerprint density at radius 2 is 1.74 bits per heavy atom. The highest BCUT2D eigenvalue weighted by atomic mass is 19.1. The van der Waals surface area contributed by atoms with Crippen LogP contribution >= 0.6 is 0 Å². The summed E-state index contributed by atoms with van der Waals surface area (Å²) in [6, 6.07) is 16.8. The van der Waals surface area contributed by atoms with Gasteiger partial charge in [-0.3, -0.25) is 9.69 Å². The van der Waals surface area contributed by atoms with Crippen molar-refractivity contribution in [3.63, 3.8) is 0 Å². The summed E-state index contributed by atoms with van der Waals surface area (Å²) in [6.45, 7) is 5.99. The molecule has 0 aromatic heterocycles. The number of likely N-dealkylation sites (N-methyl/N-ethyl adjacent to an activating group) is 1. The number of benzene rings is 2. The van der Waals surface area contributed by atoms with Gasteiger partial charge in [0.15, 0.2) is 0 Å². The quantitative estimate of drug-likeness (QED) is 0.806. The molecular weight excluding hydrogens is 341 g/mol. The van der Waals surface area contributed by atoms with Gasteiger partial charge >= 0.3 is 0 Å². The van der Waals surface area contributed by atoms with Gasteiger partial charge in [-0.2, -0.15) is 0 Å². The molecule has 2 aromatic rings. The first kappa shape index (κ1) is 19.4. The van der Waals surface area contributed by atoms with Crippen LogP contribution < -0.4 is 4.90 Å². The number of rotatable bonds is 5. The lowest BCUT2D eigenvalue weighted by molar-refractivity contribution is -0.133. The van der Waals surface area contributed by atoms with E-state index in [0.717, 1.165) is 43.9 Å². The van der Waals surface area contributed by atoms with Gasteiger partial charge in [0.2, 0.25) is 5.91 Å². The van der Waals surface area contributed by atoms with Gasteiger partial charge in [-0.1, -0.05) is 30.3 Å². The molecule has 1 fully saturated rings. The molecule has 0 N–H and O–H groups in total. The van der Waals surface area contributed by atoms with E-state index in [4.69, 9.17) is 0 Å². The summed E-state index contributed by atoms with van der Waals surface area (Å²) in [7, 11) is 1.88. The Balaban J connectivity index is 1.54. The van der Waals surface area contributed by atoms with E-state index in [1.807, 2.05) is 42.3 Å². The smallest absolute Gasteiger partial charge is 0.236 e. The zero-order chi connectivity index (χ0) is 19.2. The van der Waals surface area contributed by atoms with Gasteiger partial charge in [-0.15, -0.1) is 0 Å². The lowest BCUT2D eigenvalue weighted by atomic mass is 10.1. The van der Waals surface area contributed by atoms with E-state index in [1.165, 1.54) is 12.1 Å². The van der Waals surface area contributed by atoms with E-state index in [-0.39, 0.29) is 17.8 Å². The van der Waals surface area contributed by atoms with E-state index < -0.39 is 0 Å². The SMILES string of the molecule is CC(c1ccccc1)N(C)C(=O)CN1CCCN(c2ccc(F)cc2)CC1. The van der Waals surface area contributed by atoms with Crippen molar-refractivity contribution in [3.05, 3.63) is 66.0 Å². The van der Waals surface area contributed by atoms with Crippen LogP contribution in [0.2, 0.25) is 0 Å². The number of hydrogen-bond donors (Lipinski definition) is 0. The second-order valence-electron chi connectivity index (χ2n) is 7.18. The monoisotopic (exact) mass is 369 g/mol. The van der Waals surface area contributed by atoms with Gasteiger partial charge in [0, 0.05) is 38.9 Å². The Labute approximate surface area is 161 Å². The molecule has 0 spiro atoms. The Morgan fingerprint density at radius 1 is 1.04 bits per heavy atom. The molecule has 0 radical (unpaired) electrons. The van der Waals surface area contributed by atoms with E-state index in [9.17, 15) is 9.18 Å². The van der Waals surface area contributed by atoms with Gasteiger partial charge in [-0.05, 0) is 43.2 Å². The number of halogens is 1. The predicted molar refractivity (Wildman–Crippen MR) is 107 cm³/mol. The first-order valence-corrected chi connectivity index (χ1v) is 9.58. The minimum atomic E-state index is -0.212. The number of carbonyl (C=O) groups is 1. The van der Waals surface area contributed by atoms with Crippen LogP contribution in [-0.4, -0.2) is 55.5 Å². The largest absolute Gasteiger partial charge is 0.370 e. The van der Waals surface area contributed by atoms with Crippen molar-refractivity contribution in [3.8, 4) is 0 Å². The Morgan fingerprint density at radius 3 is 2.44 bits per heavy atom. The number of carbonyl (C=O) groups excluding carboxylic acids is 1. The molecule has 1 aliphatic heterocycles. The van der Waals surface area contributed by atoms with E-state index in [2.05, 4.69) is 28.9 Å². The molecule has 1 saturated heterocycles. The van der Waals surface area contributed by atoms with Crippen LogP contribution in [0.3, 0.4) is 0 Å². The fourth-order valence-electron chi connectivity index (χ4n) is 3.51. The first-order valence-electron chi connectivity index (χ1n) is 9.58. The minimum absolute atomic E-state index is 0.0568. The number of anilines is 1. The van der Waals surface area contributed by atoms with Gasteiger partial charge in [-0.25, -0.2) is 4.39 Å². The molecule has 1 aliphatic rings. The molecule has 1 atom stereocenters. The first-order chi connectivity index (χ1) is 13.0. The topological polar surface area (TPSA) is 26.8 Å². The zero-order valence-corrected chi connectivity index (χ0v) is 16.1. The van der Waals surface area contributed by atoms with Crippen molar-refractivity contribution in [2.75, 3.05) is 44.7 Å². The molecule has 5 heteroatoms. The Hall–Kier alpha value is -2.40. The zero-order valence-electron chi connectivity index (χ0n) is 16.1. The molecule has 144 valence electrons. The second-order valence-corrected chi connectivity index (χ2v) is 7.18. The summed E-state index contributed by atoms with van der Waals surface area (Å²) in [4.78, 5) is 19.1. The van der Waals surface area contributed by atoms with Crippen LogP contribution in [-0.2, 0) is 4.79 Å². The Bertz CT molecular complexity index is 735. The lowest BCUT2D eigenvalue weighted by Crippen LogP contribution is -2.41. The van der Waals surface area contributed by atoms with Crippen molar-refractivity contribution in [1.29, 1.82) is 0 Å². The second kappa shape index (κ2) is 9.00. The van der Waals surface area contributed by atoms with E-state index in [1.54, 1.807) is 0 Å². The molecule has 1 heterocycles. The normalized spacial score (nSPS) is 16.6. The summed E-state index contributed by atoms with van der Waals surface area (Å²) in [6.07, 6.45) is 0.989. The van der Waals surface area contributed by atoms with E-state index in [0.29, 0.717) is 6.54 Å². The van der Waals surface area contributed by atoms with Crippen LogP contribution in [0.25, 0.3) is 0 Å². The van der Waals surface area contributed by atoms with Crippen LogP contribution in [0.15, 0.2) is 54.6 Å². The summed E-state index contributed by atoms with van der Waals surface area (Å²) in [5.41, 5.74) is 2.19. The number of hydrogen-bond acceptors (Lipinski definition) is 3. The van der Waals surface area contributed by atoms with Crippen LogP contribution in [0.5, 0.6) is 0 Å². The molecule has 1 unspecified atom stereocenters. The van der Waals surface area contributed by atoms with E-state index >= 15 is 0 Å². The van der Waals surface area contributed by atoms with Crippen molar-refractivity contribution in [2.24, 2.45) is 0 Å². The molecule has 1 amide bonds. The third-order valence-electron chi connectivity index (χ3n) is 5.40. The van der Waals surface area contributed by atoms with Gasteiger partial charge in [0.25, 0.3) is 0 Å². The van der Waals surface area contributed by atoms with Crippen LogP contribution in [0, 0.1) is 5.82 Å². The van der Waals surface area contributed by atoms with Crippen molar-refractivity contribution in [1.82, 2.24) is 9.80 Å². The van der Waals surface area contributed by atoms with Crippen LogP contribution in [0.1, 0.15) is 24.9 Å². The molecule has 3 rings (SSSR count). The summed E-state index contributed by atoms with van der Waals surface area (Å²) >= 11 is 0. The molecule has 2 aromatic carbocycles. The summed E-state index contributed by atoms with van der Waals surface area (Å²) in [5.74, 6) is -0.0713. The highest BCUT2D eigenvalue weighted by Gasteiger charge is 2.22. The third-order valence-corrected chi connectivity index (χ3v) is 5.40. The highest BCUT2D eigenvalue weighted by molar-refractivity contribution is 5.78. The van der Waals surface area contributed by atoms with Crippen LogP contribution in [0.4, 0.5) is 10.1 Å². The van der Waals surface area contributed by atoms with Crippen molar-refractivity contribution in [2.45, 2.75) is 19.4 Å². The maximum Gasteiger partial charge on any atom is 0.236 e. The molecule has 4 nitrogen and oxygen atoms in total. The average Bonchev–Trinajstić information content (AvgIpc) is 2.93. The van der Waals surface area contributed by atoms with Gasteiger partial charge in [0.05, 0.1) is 12.6 Å². The molecular formula is C22H28FN3O. The molecule has 0 aliphatic carbocycles. The highest BCUT2D eigenvalue weighted by Crippen LogP contribution is 2.20. The summed E-state index contributed by atoms with van der Waals surface area (Å²) in [5, 5.41) is 0. The maximum absolute atomic E-state index is 13.1. The molecule has 27 heavy (non-hydrogen) atoms. The fourth-order valence-corrected chi connectivity index (χ4v) is 3.51. The van der Waals surface area contributed by atoms with Gasteiger partial charge in [0.1, 0.15) is 5.82 Å². The standard InChI is InChI=1S/C22H28FN3O/c1-18(19-7-4-3-5-8-19)24(2)22(27)17-25-13-6-14-26(16-15-25)21-11-9-20(23)10-12-21/h3-5,7-12,18H,6,13-17H2,1-2H3. The third kappa shape index (κ3) is 5.07. The Kier molecular flexibility index (Phi) is 6.45. The summed E-state index contributed by atoms with van der Waals surface area (Å²) < 4.78 is 13.1. The van der Waals surface area contributed by atoms with Crippen molar-refractivity contribution >= 4 is 11.6 Å². The average molecular weight is 369 g/mol. The predicted octanol–water partition coefficient (Wildman–Crippen LogP) is 3.56. The minimum Gasteiger partial charge on any atom is -0.370 e. The molecule has 0 bridgehead atoms. The molecule has 0 saturated carbocycles. The lowest BCUT2D eigenvalue weighted by Gasteiger charge is -2.28.